The van der Waals surface area contributed by atoms with Gasteiger partial charge >= 0.3 is 5.69 Å². The fourth-order valence-corrected chi connectivity index (χ4v) is 2.92. The van der Waals surface area contributed by atoms with Crippen LogP contribution in [0.5, 0.6) is 0 Å². The second-order valence-electron chi connectivity index (χ2n) is 5.69. The molecule has 1 aliphatic heterocycles. The molecule has 0 radical (unpaired) electrons. The van der Waals surface area contributed by atoms with Gasteiger partial charge in [0.25, 0.3) is 5.56 Å². The van der Waals surface area contributed by atoms with Crippen LogP contribution in [-0.2, 0) is 24.6 Å². The molecule has 0 amide bonds. The number of hydrogen-bond donors (Lipinski definition) is 0. The average molecular weight is 317 g/mol. The van der Waals surface area contributed by atoms with Crippen molar-refractivity contribution in [2.75, 3.05) is 0 Å². The number of ketones is 1. The Morgan fingerprint density at radius 1 is 1.39 bits per heavy atom. The lowest BCUT2D eigenvalue weighted by molar-refractivity contribution is -0.119. The third-order valence-corrected chi connectivity index (χ3v) is 4.16. The van der Waals surface area contributed by atoms with Gasteiger partial charge in [0.1, 0.15) is 18.1 Å². The van der Waals surface area contributed by atoms with Gasteiger partial charge in [0.2, 0.25) is 0 Å². The number of nitrogens with zero attached hydrogens (tertiary/aromatic N) is 5. The fraction of sp³-hybridized carbons (Fsp3) is 0.429. The second-order valence-corrected chi connectivity index (χ2v) is 5.69. The van der Waals surface area contributed by atoms with Crippen molar-refractivity contribution in [3.05, 3.63) is 38.4 Å². The Hall–Kier alpha value is -2.84. The zero-order chi connectivity index (χ0) is 16.3. The van der Waals surface area contributed by atoms with Gasteiger partial charge in [-0.15, -0.1) is 0 Å². The number of carbonyl (C=O) groups is 1. The van der Waals surface area contributed by atoms with Crippen molar-refractivity contribution in [1.82, 2.24) is 23.7 Å². The highest BCUT2D eigenvalue weighted by atomic mass is 16.5. The predicted octanol–water partition coefficient (Wildman–Crippen LogP) is -0.0908. The van der Waals surface area contributed by atoms with Crippen LogP contribution in [0, 0.1) is 6.92 Å². The predicted molar refractivity (Wildman–Crippen MR) is 79.5 cm³/mol. The summed E-state index contributed by atoms with van der Waals surface area (Å²) in [5, 5.41) is 3.83. The summed E-state index contributed by atoms with van der Waals surface area (Å²) < 4.78 is 11.1. The van der Waals surface area contributed by atoms with E-state index < -0.39 is 5.56 Å². The highest BCUT2D eigenvalue weighted by molar-refractivity contribution is 5.82. The van der Waals surface area contributed by atoms with E-state index >= 15 is 0 Å². The fourth-order valence-electron chi connectivity index (χ4n) is 2.92. The Labute approximate surface area is 129 Å². The van der Waals surface area contributed by atoms with Crippen LogP contribution in [0.2, 0.25) is 0 Å². The molecular weight excluding hydrogens is 302 g/mol. The summed E-state index contributed by atoms with van der Waals surface area (Å²) in [5.41, 5.74) is 0.740. The summed E-state index contributed by atoms with van der Waals surface area (Å²) in [4.78, 5) is 36.7. The summed E-state index contributed by atoms with van der Waals surface area (Å²) >= 11 is 0. The van der Waals surface area contributed by atoms with E-state index in [0.29, 0.717) is 35.7 Å². The summed E-state index contributed by atoms with van der Waals surface area (Å²) in [6.07, 6.45) is 0.408. The molecule has 0 unspecified atom stereocenters. The quantitative estimate of drug-likeness (QED) is 0.512. The Morgan fingerprint density at radius 2 is 2.17 bits per heavy atom. The first-order valence-corrected chi connectivity index (χ1v) is 7.37. The van der Waals surface area contributed by atoms with Gasteiger partial charge in [-0.1, -0.05) is 12.1 Å². The van der Waals surface area contributed by atoms with Gasteiger partial charge in [0.15, 0.2) is 16.9 Å². The molecule has 23 heavy (non-hydrogen) atoms. The van der Waals surface area contributed by atoms with Crippen molar-refractivity contribution < 1.29 is 9.32 Å². The van der Waals surface area contributed by atoms with Crippen LogP contribution in [0.15, 0.2) is 20.2 Å². The normalized spacial score (nSPS) is 12.8. The number of hydrogen-bond acceptors (Lipinski definition) is 5. The third-order valence-electron chi connectivity index (χ3n) is 4.16. The summed E-state index contributed by atoms with van der Waals surface area (Å²) in [6.45, 7) is 4.09. The third kappa shape index (κ3) is 1.79. The molecule has 120 valence electrons. The van der Waals surface area contributed by atoms with Gasteiger partial charge in [0, 0.05) is 12.5 Å². The molecule has 4 rings (SSSR count). The molecule has 0 atom stereocenters. The lowest BCUT2D eigenvalue weighted by atomic mass is 10.3. The van der Waals surface area contributed by atoms with Crippen LogP contribution in [0.1, 0.15) is 24.8 Å². The molecule has 9 nitrogen and oxygen atoms in total. The largest absolute Gasteiger partial charge is 0.361 e. The highest BCUT2D eigenvalue weighted by Crippen LogP contribution is 2.22. The van der Waals surface area contributed by atoms with Crippen molar-refractivity contribution in [3.63, 3.8) is 0 Å². The summed E-state index contributed by atoms with van der Waals surface area (Å²) in [5.74, 6) is 0.657. The maximum atomic E-state index is 12.6. The number of rotatable bonds is 5. The minimum absolute atomic E-state index is 0.0402. The van der Waals surface area contributed by atoms with E-state index in [2.05, 4.69) is 5.16 Å². The Bertz CT molecular complexity index is 1060. The monoisotopic (exact) mass is 317 g/mol. The second kappa shape index (κ2) is 4.58. The zero-order valence-electron chi connectivity index (χ0n) is 12.8. The standard InChI is InChI=1S/C14H15N5O4/c1-3-10(20)6-18-11-12-17(7-19(12)18)14(22)16(13(11)21)5-9-4-8(2)23-15-9/h4H,3,5-7H2,1-2H3. The van der Waals surface area contributed by atoms with E-state index in [1.807, 2.05) is 0 Å². The minimum Gasteiger partial charge on any atom is -0.361 e. The first-order valence-electron chi connectivity index (χ1n) is 7.37. The lowest BCUT2D eigenvalue weighted by Gasteiger charge is -2.35. The van der Waals surface area contributed by atoms with E-state index in [9.17, 15) is 14.4 Å². The van der Waals surface area contributed by atoms with E-state index in [4.69, 9.17) is 4.52 Å². The molecular formula is C14H15N5O4. The first kappa shape index (κ1) is 13.8. The minimum atomic E-state index is -0.401. The highest BCUT2D eigenvalue weighted by Gasteiger charge is 2.32. The van der Waals surface area contributed by atoms with E-state index in [-0.39, 0.29) is 24.6 Å². The maximum Gasteiger partial charge on any atom is 0.334 e. The van der Waals surface area contributed by atoms with Gasteiger partial charge in [-0.05, 0) is 6.92 Å². The molecule has 0 saturated heterocycles. The number of carbonyl (C=O) groups excluding carboxylic acids is 1. The van der Waals surface area contributed by atoms with Gasteiger partial charge in [0.05, 0.1) is 13.1 Å². The van der Waals surface area contributed by atoms with Gasteiger partial charge < -0.3 is 4.52 Å². The summed E-state index contributed by atoms with van der Waals surface area (Å²) in [6, 6.07) is 1.69. The molecule has 0 bridgehead atoms. The van der Waals surface area contributed by atoms with Gasteiger partial charge in [-0.25, -0.2) is 9.48 Å². The number of aryl methyl sites for hydroxylation is 1. The van der Waals surface area contributed by atoms with Crippen molar-refractivity contribution in [2.24, 2.45) is 0 Å². The van der Waals surface area contributed by atoms with Gasteiger partial charge in [-0.3, -0.25) is 23.4 Å². The average Bonchev–Trinajstić information content (AvgIpc) is 2.91. The van der Waals surface area contributed by atoms with E-state index in [1.165, 1.54) is 4.57 Å². The van der Waals surface area contributed by atoms with Crippen LogP contribution in [-0.4, -0.2) is 29.4 Å². The Morgan fingerprint density at radius 3 is 2.83 bits per heavy atom. The molecule has 3 aromatic rings. The van der Waals surface area contributed by atoms with Crippen LogP contribution in [0.25, 0.3) is 11.2 Å². The van der Waals surface area contributed by atoms with Crippen LogP contribution >= 0.6 is 0 Å². The van der Waals surface area contributed by atoms with Crippen molar-refractivity contribution >= 4 is 16.9 Å². The first-order chi connectivity index (χ1) is 11.0. The number of Topliss-reactive ketones (excluding diaryl/α,β-unsaturated/α-hetero) is 1. The molecule has 9 heteroatoms. The summed E-state index contributed by atoms with van der Waals surface area (Å²) in [7, 11) is 0. The maximum absolute atomic E-state index is 12.6. The van der Waals surface area contributed by atoms with E-state index in [0.717, 1.165) is 4.57 Å². The van der Waals surface area contributed by atoms with Crippen molar-refractivity contribution in [2.45, 2.75) is 40.0 Å². The van der Waals surface area contributed by atoms with Crippen molar-refractivity contribution in [3.8, 4) is 0 Å². The molecule has 1 aliphatic rings. The topological polar surface area (TPSA) is 97.0 Å². The molecule has 0 fully saturated rings. The smallest absolute Gasteiger partial charge is 0.334 e. The molecule has 3 aromatic heterocycles. The Balaban J connectivity index is 1.83. The molecule has 0 aromatic carbocycles. The van der Waals surface area contributed by atoms with Gasteiger partial charge in [-0.2, -0.15) is 0 Å². The van der Waals surface area contributed by atoms with Crippen molar-refractivity contribution in [1.29, 1.82) is 0 Å². The van der Waals surface area contributed by atoms with Crippen LogP contribution in [0.4, 0.5) is 0 Å². The molecule has 4 heterocycles. The molecule has 0 spiro atoms. The molecule has 0 aliphatic carbocycles. The molecule has 0 N–H and O–H groups in total. The Kier molecular flexibility index (Phi) is 2.75. The number of aromatic nitrogens is 5. The van der Waals surface area contributed by atoms with E-state index in [1.54, 1.807) is 29.3 Å². The van der Waals surface area contributed by atoms with Crippen LogP contribution < -0.4 is 11.2 Å². The SMILES string of the molecule is CCC(=O)Cn1c2c(=O)n(Cc3cc(C)on3)c(=O)n3c2n1C3. The zero-order valence-corrected chi connectivity index (χ0v) is 12.8. The van der Waals surface area contributed by atoms with Crippen LogP contribution in [0.3, 0.4) is 0 Å². The lowest BCUT2D eigenvalue weighted by Crippen LogP contribution is -2.53. The molecule has 0 saturated carbocycles.